The van der Waals surface area contributed by atoms with Crippen molar-refractivity contribution in [1.82, 2.24) is 9.21 Å². The number of fused-ring (bicyclic) bond motifs is 1. The maximum Gasteiger partial charge on any atom is 0.253 e. The van der Waals surface area contributed by atoms with Crippen LogP contribution in [0.25, 0.3) is 10.8 Å². The predicted molar refractivity (Wildman–Crippen MR) is 115 cm³/mol. The van der Waals surface area contributed by atoms with E-state index in [0.717, 1.165) is 10.8 Å². The average Bonchev–Trinajstić information content (AvgIpc) is 2.74. The molecule has 1 fully saturated rings. The summed E-state index contributed by atoms with van der Waals surface area (Å²) < 4.78 is 27.1. The summed E-state index contributed by atoms with van der Waals surface area (Å²) in [6.45, 7) is 1.10. The summed E-state index contributed by atoms with van der Waals surface area (Å²) in [6.07, 6.45) is 0. The van der Waals surface area contributed by atoms with Crippen molar-refractivity contribution in [3.63, 3.8) is 0 Å². The third-order valence-corrected chi connectivity index (χ3v) is 7.68. The molecule has 0 saturated carbocycles. The smallest absolute Gasteiger partial charge is 0.253 e. The number of hydrogen-bond acceptors (Lipinski definition) is 3. The fourth-order valence-corrected chi connectivity index (χ4v) is 5.23. The predicted octanol–water partition coefficient (Wildman–Crippen LogP) is 4.29. The van der Waals surface area contributed by atoms with Crippen LogP contribution in [0.5, 0.6) is 0 Å². The van der Waals surface area contributed by atoms with Gasteiger partial charge in [-0.25, -0.2) is 8.42 Å². The van der Waals surface area contributed by atoms with E-state index < -0.39 is 10.0 Å². The molecule has 29 heavy (non-hydrogen) atoms. The molecule has 1 aliphatic rings. The Morgan fingerprint density at radius 2 is 1.48 bits per heavy atom. The van der Waals surface area contributed by atoms with Crippen LogP contribution in [-0.2, 0) is 10.0 Å². The van der Waals surface area contributed by atoms with Gasteiger partial charge < -0.3 is 4.90 Å². The van der Waals surface area contributed by atoms with Gasteiger partial charge in [-0.1, -0.05) is 53.5 Å². The van der Waals surface area contributed by atoms with Gasteiger partial charge in [-0.15, -0.1) is 0 Å². The first kappa shape index (κ1) is 20.2. The normalized spacial score (nSPS) is 15.6. The quantitative estimate of drug-likeness (QED) is 0.600. The molecule has 4 rings (SSSR count). The zero-order valence-electron chi connectivity index (χ0n) is 15.4. The Bertz CT molecular complexity index is 1190. The zero-order chi connectivity index (χ0) is 20.6. The summed E-state index contributed by atoms with van der Waals surface area (Å²) >= 11 is 11.8. The van der Waals surface area contributed by atoms with Crippen LogP contribution in [0.15, 0.2) is 65.6 Å². The fraction of sp³-hybridized carbons (Fsp3) is 0.190. The van der Waals surface area contributed by atoms with E-state index in [1.54, 1.807) is 4.90 Å². The highest BCUT2D eigenvalue weighted by Gasteiger charge is 2.30. The van der Waals surface area contributed by atoms with Crippen molar-refractivity contribution >= 4 is 49.9 Å². The van der Waals surface area contributed by atoms with E-state index in [0.29, 0.717) is 23.7 Å². The summed E-state index contributed by atoms with van der Waals surface area (Å²) in [6, 6.07) is 17.7. The monoisotopic (exact) mass is 448 g/mol. The van der Waals surface area contributed by atoms with Crippen LogP contribution in [-0.4, -0.2) is 49.7 Å². The number of carbonyl (C=O) groups excluding carboxylic acids is 1. The maximum absolute atomic E-state index is 12.9. The van der Waals surface area contributed by atoms with Crippen LogP contribution in [0.3, 0.4) is 0 Å². The molecule has 0 radical (unpaired) electrons. The molecule has 0 spiro atoms. The zero-order valence-corrected chi connectivity index (χ0v) is 17.7. The Labute approximate surface area is 179 Å². The molecule has 8 heteroatoms. The van der Waals surface area contributed by atoms with E-state index in [-0.39, 0.29) is 28.9 Å². The highest BCUT2D eigenvalue weighted by molar-refractivity contribution is 7.89. The minimum atomic E-state index is -3.69. The van der Waals surface area contributed by atoms with Crippen LogP contribution < -0.4 is 0 Å². The van der Waals surface area contributed by atoms with Crippen molar-refractivity contribution in [3.8, 4) is 0 Å². The number of piperazine rings is 1. The Morgan fingerprint density at radius 3 is 2.17 bits per heavy atom. The highest BCUT2D eigenvalue weighted by Crippen LogP contribution is 2.27. The molecular weight excluding hydrogens is 431 g/mol. The second-order valence-electron chi connectivity index (χ2n) is 6.83. The lowest BCUT2D eigenvalue weighted by Gasteiger charge is -2.34. The summed E-state index contributed by atoms with van der Waals surface area (Å²) in [5.74, 6) is -0.0951. The van der Waals surface area contributed by atoms with Gasteiger partial charge in [-0.3, -0.25) is 4.79 Å². The lowest BCUT2D eigenvalue weighted by molar-refractivity contribution is 0.0698. The molecule has 1 saturated heterocycles. The molecule has 3 aromatic rings. The number of carbonyl (C=O) groups is 1. The number of amides is 1. The van der Waals surface area contributed by atoms with Crippen molar-refractivity contribution < 1.29 is 13.2 Å². The van der Waals surface area contributed by atoms with Crippen LogP contribution in [0, 0.1) is 0 Å². The Balaban J connectivity index is 1.48. The fourth-order valence-electron chi connectivity index (χ4n) is 3.42. The summed E-state index contributed by atoms with van der Waals surface area (Å²) in [4.78, 5) is 14.7. The van der Waals surface area contributed by atoms with Crippen LogP contribution in [0.1, 0.15) is 10.4 Å². The van der Waals surface area contributed by atoms with Gasteiger partial charge in [0.15, 0.2) is 0 Å². The average molecular weight is 449 g/mol. The van der Waals surface area contributed by atoms with Gasteiger partial charge in [0.25, 0.3) is 5.91 Å². The first-order chi connectivity index (χ1) is 13.9. The third kappa shape index (κ3) is 3.98. The summed E-state index contributed by atoms with van der Waals surface area (Å²) in [5, 5.41) is 2.56. The van der Waals surface area contributed by atoms with E-state index in [9.17, 15) is 13.2 Å². The van der Waals surface area contributed by atoms with E-state index in [1.165, 1.54) is 22.5 Å². The molecule has 0 unspecified atom stereocenters. The topological polar surface area (TPSA) is 57.7 Å². The van der Waals surface area contributed by atoms with Gasteiger partial charge in [0.1, 0.15) is 0 Å². The lowest BCUT2D eigenvalue weighted by Crippen LogP contribution is -2.50. The molecule has 3 aromatic carbocycles. The van der Waals surface area contributed by atoms with E-state index in [4.69, 9.17) is 23.2 Å². The molecule has 0 aromatic heterocycles. The molecule has 0 N–H and O–H groups in total. The minimum absolute atomic E-state index is 0.0951. The maximum atomic E-state index is 12.9. The molecule has 0 atom stereocenters. The number of halogens is 2. The molecule has 1 amide bonds. The molecule has 1 heterocycles. The number of sulfonamides is 1. The third-order valence-electron chi connectivity index (χ3n) is 5.05. The number of nitrogens with zero attached hydrogens (tertiary/aromatic N) is 2. The van der Waals surface area contributed by atoms with Crippen LogP contribution >= 0.6 is 23.2 Å². The van der Waals surface area contributed by atoms with Gasteiger partial charge in [0, 0.05) is 31.7 Å². The SMILES string of the molecule is O=C(c1ccc2ccccc2c1)N1CCN(S(=O)(=O)c2ccc(Cl)c(Cl)c2)CC1. The Hall–Kier alpha value is -2.12. The van der Waals surface area contributed by atoms with E-state index in [2.05, 4.69) is 0 Å². The molecule has 1 aliphatic heterocycles. The number of benzene rings is 3. The molecule has 0 aliphatic carbocycles. The first-order valence-electron chi connectivity index (χ1n) is 9.09. The van der Waals surface area contributed by atoms with Crippen molar-refractivity contribution in [2.24, 2.45) is 0 Å². The van der Waals surface area contributed by atoms with Gasteiger partial charge >= 0.3 is 0 Å². The van der Waals surface area contributed by atoms with Gasteiger partial charge in [-0.05, 0) is 41.1 Å². The standard InChI is InChI=1S/C21H18Cl2N2O3S/c22-19-8-7-18(14-20(19)23)29(27,28)25-11-9-24(10-12-25)21(26)17-6-5-15-3-1-2-4-16(15)13-17/h1-8,13-14H,9-12H2. The summed E-state index contributed by atoms with van der Waals surface area (Å²) in [7, 11) is -3.69. The molecule has 0 bridgehead atoms. The molecule has 150 valence electrons. The highest BCUT2D eigenvalue weighted by atomic mass is 35.5. The second-order valence-corrected chi connectivity index (χ2v) is 9.59. The lowest BCUT2D eigenvalue weighted by atomic mass is 10.1. The Morgan fingerprint density at radius 1 is 0.793 bits per heavy atom. The van der Waals surface area contributed by atoms with Gasteiger partial charge in [-0.2, -0.15) is 4.31 Å². The van der Waals surface area contributed by atoms with Gasteiger partial charge in [0.2, 0.25) is 10.0 Å². The van der Waals surface area contributed by atoms with E-state index in [1.807, 2.05) is 42.5 Å². The molecule has 5 nitrogen and oxygen atoms in total. The largest absolute Gasteiger partial charge is 0.336 e. The van der Waals surface area contributed by atoms with Crippen LogP contribution in [0.2, 0.25) is 10.0 Å². The van der Waals surface area contributed by atoms with Crippen molar-refractivity contribution in [2.45, 2.75) is 4.90 Å². The van der Waals surface area contributed by atoms with Gasteiger partial charge in [0.05, 0.1) is 14.9 Å². The second kappa shape index (κ2) is 7.95. The van der Waals surface area contributed by atoms with E-state index >= 15 is 0 Å². The van der Waals surface area contributed by atoms with Crippen molar-refractivity contribution in [1.29, 1.82) is 0 Å². The van der Waals surface area contributed by atoms with Crippen molar-refractivity contribution in [2.75, 3.05) is 26.2 Å². The molecular formula is C21H18Cl2N2O3S. The summed E-state index contributed by atoms with van der Waals surface area (Å²) in [5.41, 5.74) is 0.601. The number of hydrogen-bond donors (Lipinski definition) is 0. The Kier molecular flexibility index (Phi) is 5.53. The van der Waals surface area contributed by atoms with Crippen molar-refractivity contribution in [3.05, 3.63) is 76.3 Å². The minimum Gasteiger partial charge on any atom is -0.336 e. The van der Waals surface area contributed by atoms with Crippen LogP contribution in [0.4, 0.5) is 0 Å². The number of rotatable bonds is 3. The first-order valence-corrected chi connectivity index (χ1v) is 11.3.